The molecule has 1 rings (SSSR count). The quantitative estimate of drug-likeness (QED) is 0.760. The van der Waals surface area contributed by atoms with Gasteiger partial charge in [0, 0.05) is 18.9 Å². The van der Waals surface area contributed by atoms with Gasteiger partial charge in [0.15, 0.2) is 0 Å². The maximum absolute atomic E-state index is 11.9. The molecule has 1 amide bonds. The molecule has 0 bridgehead atoms. The molecule has 0 aromatic heterocycles. The van der Waals surface area contributed by atoms with Gasteiger partial charge in [-0.1, -0.05) is 6.42 Å². The Labute approximate surface area is 109 Å². The second kappa shape index (κ2) is 6.77. The molecule has 0 aliphatic heterocycles. The lowest BCUT2D eigenvalue weighted by Crippen LogP contribution is -2.36. The molecule has 0 radical (unpaired) electrons. The SMILES string of the molecule is O=C(O)C1CCCC(C(=O)NCCCC(F)(F)F)C1. The number of halogens is 3. The van der Waals surface area contributed by atoms with Gasteiger partial charge in [-0.05, 0) is 25.7 Å². The van der Waals surface area contributed by atoms with Crippen LogP contribution in [-0.4, -0.2) is 29.7 Å². The molecule has 2 atom stereocenters. The van der Waals surface area contributed by atoms with Gasteiger partial charge in [0.1, 0.15) is 0 Å². The second-order valence-corrected chi connectivity index (χ2v) is 4.91. The molecule has 1 aliphatic rings. The molecular formula is C12H18F3NO3. The Morgan fingerprint density at radius 2 is 1.84 bits per heavy atom. The van der Waals surface area contributed by atoms with Gasteiger partial charge < -0.3 is 10.4 Å². The number of amides is 1. The molecular weight excluding hydrogens is 263 g/mol. The fourth-order valence-electron chi connectivity index (χ4n) is 2.30. The summed E-state index contributed by atoms with van der Waals surface area (Å²) >= 11 is 0. The number of carbonyl (C=O) groups excluding carboxylic acids is 1. The van der Waals surface area contributed by atoms with E-state index in [2.05, 4.69) is 5.32 Å². The van der Waals surface area contributed by atoms with Gasteiger partial charge in [0.2, 0.25) is 5.91 Å². The second-order valence-electron chi connectivity index (χ2n) is 4.91. The van der Waals surface area contributed by atoms with Crippen molar-refractivity contribution in [3.05, 3.63) is 0 Å². The summed E-state index contributed by atoms with van der Waals surface area (Å²) in [5.74, 6) is -2.14. The van der Waals surface area contributed by atoms with E-state index < -0.39 is 24.5 Å². The predicted molar refractivity (Wildman–Crippen MR) is 61.4 cm³/mol. The number of carboxylic acid groups (broad SMARTS) is 1. The Morgan fingerprint density at radius 1 is 1.21 bits per heavy atom. The van der Waals surface area contributed by atoms with E-state index in [0.717, 1.165) is 0 Å². The monoisotopic (exact) mass is 281 g/mol. The van der Waals surface area contributed by atoms with Gasteiger partial charge in [-0.2, -0.15) is 13.2 Å². The highest BCUT2D eigenvalue weighted by Gasteiger charge is 2.31. The highest BCUT2D eigenvalue weighted by molar-refractivity contribution is 5.80. The van der Waals surface area contributed by atoms with Crippen LogP contribution in [0.25, 0.3) is 0 Å². The normalized spacial score (nSPS) is 23.9. The van der Waals surface area contributed by atoms with Crippen LogP contribution in [0.1, 0.15) is 38.5 Å². The largest absolute Gasteiger partial charge is 0.481 e. The van der Waals surface area contributed by atoms with Crippen LogP contribution >= 0.6 is 0 Å². The van der Waals surface area contributed by atoms with E-state index >= 15 is 0 Å². The summed E-state index contributed by atoms with van der Waals surface area (Å²) in [4.78, 5) is 22.5. The minimum atomic E-state index is -4.20. The molecule has 1 fully saturated rings. The summed E-state index contributed by atoms with van der Waals surface area (Å²) in [7, 11) is 0. The highest BCUT2D eigenvalue weighted by Crippen LogP contribution is 2.29. The van der Waals surface area contributed by atoms with Crippen molar-refractivity contribution in [3.63, 3.8) is 0 Å². The Kier molecular flexibility index (Phi) is 5.62. The number of rotatable bonds is 5. The summed E-state index contributed by atoms with van der Waals surface area (Å²) in [6.45, 7) is -0.0212. The van der Waals surface area contributed by atoms with Crippen molar-refractivity contribution in [2.24, 2.45) is 11.8 Å². The molecule has 19 heavy (non-hydrogen) atoms. The summed E-state index contributed by atoms with van der Waals surface area (Å²) in [5, 5.41) is 11.3. The molecule has 0 aromatic carbocycles. The number of alkyl halides is 3. The molecule has 2 unspecified atom stereocenters. The molecule has 0 heterocycles. The van der Waals surface area contributed by atoms with Crippen molar-refractivity contribution in [1.82, 2.24) is 5.32 Å². The third-order valence-electron chi connectivity index (χ3n) is 3.33. The molecule has 0 spiro atoms. The first kappa shape index (κ1) is 15.8. The van der Waals surface area contributed by atoms with Gasteiger partial charge in [-0.25, -0.2) is 0 Å². The summed E-state index contributed by atoms with van der Waals surface area (Å²) in [6.07, 6.45) is -3.16. The van der Waals surface area contributed by atoms with Crippen LogP contribution in [-0.2, 0) is 9.59 Å². The molecule has 1 saturated carbocycles. The van der Waals surface area contributed by atoms with Crippen LogP contribution in [0.4, 0.5) is 13.2 Å². The standard InChI is InChI=1S/C12H18F3NO3/c13-12(14,15)5-2-6-16-10(17)8-3-1-4-9(7-8)11(18)19/h8-9H,1-7H2,(H,16,17)(H,18,19). The highest BCUT2D eigenvalue weighted by atomic mass is 19.4. The van der Waals surface area contributed by atoms with E-state index in [-0.39, 0.29) is 31.2 Å². The average Bonchev–Trinajstić information content (AvgIpc) is 2.33. The molecule has 0 aromatic rings. The number of hydrogen-bond donors (Lipinski definition) is 2. The van der Waals surface area contributed by atoms with E-state index in [1.165, 1.54) is 0 Å². The lowest BCUT2D eigenvalue weighted by atomic mass is 9.81. The van der Waals surface area contributed by atoms with E-state index in [1.807, 2.05) is 0 Å². The fourth-order valence-corrected chi connectivity index (χ4v) is 2.30. The van der Waals surface area contributed by atoms with Crippen molar-refractivity contribution in [2.45, 2.75) is 44.7 Å². The number of hydrogen-bond acceptors (Lipinski definition) is 2. The topological polar surface area (TPSA) is 66.4 Å². The van der Waals surface area contributed by atoms with Crippen LogP contribution < -0.4 is 5.32 Å². The number of nitrogens with one attached hydrogen (secondary N) is 1. The third-order valence-corrected chi connectivity index (χ3v) is 3.33. The van der Waals surface area contributed by atoms with E-state index in [1.54, 1.807) is 0 Å². The molecule has 7 heteroatoms. The number of carboxylic acids is 1. The molecule has 1 aliphatic carbocycles. The van der Waals surface area contributed by atoms with E-state index in [0.29, 0.717) is 19.3 Å². The molecule has 2 N–H and O–H groups in total. The zero-order valence-electron chi connectivity index (χ0n) is 10.5. The Bertz CT molecular complexity index is 331. The molecule has 110 valence electrons. The minimum Gasteiger partial charge on any atom is -0.481 e. The van der Waals surface area contributed by atoms with Crippen molar-refractivity contribution >= 4 is 11.9 Å². The van der Waals surface area contributed by atoms with E-state index in [9.17, 15) is 22.8 Å². The Hall–Kier alpha value is -1.27. The zero-order valence-corrected chi connectivity index (χ0v) is 10.5. The minimum absolute atomic E-state index is 0.0212. The lowest BCUT2D eigenvalue weighted by Gasteiger charge is -2.25. The van der Waals surface area contributed by atoms with E-state index in [4.69, 9.17) is 5.11 Å². The van der Waals surface area contributed by atoms with Gasteiger partial charge in [0.05, 0.1) is 5.92 Å². The van der Waals surface area contributed by atoms with Crippen LogP contribution in [0.3, 0.4) is 0 Å². The first-order valence-corrected chi connectivity index (χ1v) is 6.37. The predicted octanol–water partition coefficient (Wildman–Crippen LogP) is 2.34. The maximum Gasteiger partial charge on any atom is 0.389 e. The summed E-state index contributed by atoms with van der Waals surface area (Å²) in [6, 6.07) is 0. The van der Waals surface area contributed by atoms with Crippen LogP contribution in [0.15, 0.2) is 0 Å². The fraction of sp³-hybridized carbons (Fsp3) is 0.833. The van der Waals surface area contributed by atoms with Crippen LogP contribution in [0.5, 0.6) is 0 Å². The number of aliphatic carboxylic acids is 1. The summed E-state index contributed by atoms with van der Waals surface area (Å²) < 4.78 is 35.7. The first-order chi connectivity index (χ1) is 8.79. The summed E-state index contributed by atoms with van der Waals surface area (Å²) in [5.41, 5.74) is 0. The van der Waals surface area contributed by atoms with Crippen LogP contribution in [0, 0.1) is 11.8 Å². The zero-order chi connectivity index (χ0) is 14.5. The number of carbonyl (C=O) groups is 2. The maximum atomic E-state index is 11.9. The average molecular weight is 281 g/mol. The van der Waals surface area contributed by atoms with Crippen molar-refractivity contribution in [3.8, 4) is 0 Å². The lowest BCUT2D eigenvalue weighted by molar-refractivity contribution is -0.144. The molecule has 4 nitrogen and oxygen atoms in total. The van der Waals surface area contributed by atoms with Gasteiger partial charge in [0.25, 0.3) is 0 Å². The Balaban J connectivity index is 2.27. The smallest absolute Gasteiger partial charge is 0.389 e. The van der Waals surface area contributed by atoms with Gasteiger partial charge in [-0.15, -0.1) is 0 Å². The molecule has 0 saturated heterocycles. The van der Waals surface area contributed by atoms with Crippen LogP contribution in [0.2, 0.25) is 0 Å². The van der Waals surface area contributed by atoms with Crippen molar-refractivity contribution < 1.29 is 27.9 Å². The van der Waals surface area contributed by atoms with Crippen molar-refractivity contribution in [1.29, 1.82) is 0 Å². The van der Waals surface area contributed by atoms with Crippen molar-refractivity contribution in [2.75, 3.05) is 6.54 Å². The van der Waals surface area contributed by atoms with Gasteiger partial charge in [-0.3, -0.25) is 9.59 Å². The Morgan fingerprint density at radius 3 is 2.42 bits per heavy atom. The third kappa shape index (κ3) is 5.94. The van der Waals surface area contributed by atoms with Gasteiger partial charge >= 0.3 is 12.1 Å². The first-order valence-electron chi connectivity index (χ1n) is 6.37.